The smallest absolute Gasteiger partial charge is 0.334 e. The number of carbonyl (C=O) groups excluding carboxylic acids is 2. The zero-order valence-corrected chi connectivity index (χ0v) is 9.33. The van der Waals surface area contributed by atoms with Crippen molar-refractivity contribution in [2.75, 3.05) is 18.1 Å². The second-order valence-corrected chi connectivity index (χ2v) is 4.03. The Morgan fingerprint density at radius 1 is 1.38 bits per heavy atom. The number of hydrogen-bond donors (Lipinski definition) is 4. The number of aliphatic hydroxyl groups excluding tert-OH is 1. The molecule has 1 atom stereocenters. The molecule has 0 bridgehead atoms. The van der Waals surface area contributed by atoms with E-state index >= 15 is 0 Å². The van der Waals surface area contributed by atoms with E-state index in [1.807, 2.05) is 0 Å². The standard InChI is InChI=1S/C8H14N2O5S/c9-6(12)4-16-2-1-7(13)10-3-5(11)8(14)15/h5,11H,1-4H2,(H2,9,12)(H,10,13)(H,14,15). The van der Waals surface area contributed by atoms with Gasteiger partial charge in [-0.3, -0.25) is 9.59 Å². The van der Waals surface area contributed by atoms with Crippen LogP contribution in [0.15, 0.2) is 0 Å². The topological polar surface area (TPSA) is 130 Å². The van der Waals surface area contributed by atoms with Gasteiger partial charge >= 0.3 is 5.97 Å². The van der Waals surface area contributed by atoms with Gasteiger partial charge in [0.15, 0.2) is 6.10 Å². The van der Waals surface area contributed by atoms with Gasteiger partial charge in [0, 0.05) is 12.2 Å². The van der Waals surface area contributed by atoms with Crippen molar-refractivity contribution in [1.29, 1.82) is 0 Å². The van der Waals surface area contributed by atoms with Crippen molar-refractivity contribution in [3.05, 3.63) is 0 Å². The molecule has 0 heterocycles. The molecule has 0 aliphatic carbocycles. The number of hydrogen-bond acceptors (Lipinski definition) is 5. The Hall–Kier alpha value is -1.28. The maximum atomic E-state index is 11.1. The fraction of sp³-hybridized carbons (Fsp3) is 0.625. The van der Waals surface area contributed by atoms with Gasteiger partial charge in [0.25, 0.3) is 0 Å². The summed E-state index contributed by atoms with van der Waals surface area (Å²) in [4.78, 5) is 31.6. The van der Waals surface area contributed by atoms with Crippen molar-refractivity contribution in [3.8, 4) is 0 Å². The van der Waals surface area contributed by atoms with E-state index in [9.17, 15) is 14.4 Å². The lowest BCUT2D eigenvalue weighted by atomic mass is 10.3. The molecular formula is C8H14N2O5S. The summed E-state index contributed by atoms with van der Waals surface area (Å²) < 4.78 is 0. The molecule has 7 nitrogen and oxygen atoms in total. The van der Waals surface area contributed by atoms with Gasteiger partial charge in [-0.15, -0.1) is 0 Å². The van der Waals surface area contributed by atoms with Crippen LogP contribution in [0.1, 0.15) is 6.42 Å². The molecule has 5 N–H and O–H groups in total. The Morgan fingerprint density at radius 3 is 2.50 bits per heavy atom. The molecule has 8 heteroatoms. The number of aliphatic carboxylic acids is 1. The first-order valence-corrected chi connectivity index (χ1v) is 5.62. The molecule has 0 aliphatic heterocycles. The molecule has 0 aliphatic rings. The molecule has 0 aromatic heterocycles. The maximum Gasteiger partial charge on any atom is 0.334 e. The third kappa shape index (κ3) is 8.06. The molecule has 0 spiro atoms. The number of carboxylic acids is 1. The predicted octanol–water partition coefficient (Wildman–Crippen LogP) is -1.84. The highest BCUT2D eigenvalue weighted by Gasteiger charge is 2.13. The third-order valence-electron chi connectivity index (χ3n) is 1.50. The molecule has 92 valence electrons. The van der Waals surface area contributed by atoms with Crippen molar-refractivity contribution in [2.45, 2.75) is 12.5 Å². The van der Waals surface area contributed by atoms with Crippen LogP contribution in [0.5, 0.6) is 0 Å². The van der Waals surface area contributed by atoms with E-state index in [4.69, 9.17) is 15.9 Å². The minimum Gasteiger partial charge on any atom is -0.479 e. The maximum absolute atomic E-state index is 11.1. The molecule has 0 rings (SSSR count). The van der Waals surface area contributed by atoms with E-state index in [-0.39, 0.29) is 24.6 Å². The molecular weight excluding hydrogens is 236 g/mol. The second-order valence-electron chi connectivity index (χ2n) is 2.93. The van der Waals surface area contributed by atoms with Gasteiger partial charge in [-0.25, -0.2) is 4.79 Å². The van der Waals surface area contributed by atoms with E-state index in [1.165, 1.54) is 11.8 Å². The first-order chi connectivity index (χ1) is 7.43. The number of aliphatic hydroxyl groups is 1. The first-order valence-electron chi connectivity index (χ1n) is 4.47. The van der Waals surface area contributed by atoms with Crippen molar-refractivity contribution in [1.82, 2.24) is 5.32 Å². The number of rotatable bonds is 8. The summed E-state index contributed by atoms with van der Waals surface area (Å²) >= 11 is 1.22. The van der Waals surface area contributed by atoms with Crippen LogP contribution in [0.25, 0.3) is 0 Å². The Morgan fingerprint density at radius 2 is 2.00 bits per heavy atom. The SMILES string of the molecule is NC(=O)CSCCC(=O)NCC(O)C(=O)O. The van der Waals surface area contributed by atoms with Gasteiger partial charge in [0.05, 0.1) is 12.3 Å². The fourth-order valence-electron chi connectivity index (χ4n) is 0.724. The van der Waals surface area contributed by atoms with E-state index in [0.717, 1.165) is 0 Å². The van der Waals surface area contributed by atoms with Crippen LogP contribution in [0.2, 0.25) is 0 Å². The lowest BCUT2D eigenvalue weighted by Crippen LogP contribution is -2.36. The second kappa shape index (κ2) is 7.94. The Labute approximate surface area is 96.4 Å². The van der Waals surface area contributed by atoms with E-state index in [1.54, 1.807) is 0 Å². The van der Waals surface area contributed by atoms with Crippen molar-refractivity contribution < 1.29 is 24.6 Å². The number of primary amides is 1. The summed E-state index contributed by atoms with van der Waals surface area (Å²) in [6, 6.07) is 0. The van der Waals surface area contributed by atoms with E-state index in [0.29, 0.717) is 5.75 Å². The summed E-state index contributed by atoms with van der Waals surface area (Å²) in [5, 5.41) is 19.4. The Kier molecular flexibility index (Phi) is 7.31. The van der Waals surface area contributed by atoms with Gasteiger partial charge < -0.3 is 21.3 Å². The molecule has 0 fully saturated rings. The number of nitrogens with one attached hydrogen (secondary N) is 1. The van der Waals surface area contributed by atoms with Crippen LogP contribution >= 0.6 is 11.8 Å². The summed E-state index contributed by atoms with van der Waals surface area (Å²) in [5.74, 6) is -1.66. The van der Waals surface area contributed by atoms with E-state index in [2.05, 4.69) is 5.32 Å². The molecule has 0 aromatic rings. The number of amides is 2. The monoisotopic (exact) mass is 250 g/mol. The summed E-state index contributed by atoms with van der Waals surface area (Å²) in [5.41, 5.74) is 4.88. The summed E-state index contributed by atoms with van der Waals surface area (Å²) in [6.45, 7) is -0.325. The van der Waals surface area contributed by atoms with Crippen LogP contribution in [0.3, 0.4) is 0 Å². The zero-order chi connectivity index (χ0) is 12.6. The quantitative estimate of drug-likeness (QED) is 0.374. The normalized spacial score (nSPS) is 11.8. The fourth-order valence-corrected chi connectivity index (χ4v) is 1.40. The Bertz CT molecular complexity index is 271. The highest BCUT2D eigenvalue weighted by molar-refractivity contribution is 7.99. The highest BCUT2D eigenvalue weighted by atomic mass is 32.2. The number of nitrogens with two attached hydrogens (primary N) is 1. The molecule has 2 amide bonds. The number of carboxylic acid groups (broad SMARTS) is 1. The van der Waals surface area contributed by atoms with Gasteiger partial charge in [0.2, 0.25) is 11.8 Å². The lowest BCUT2D eigenvalue weighted by Gasteiger charge is -2.07. The molecule has 16 heavy (non-hydrogen) atoms. The predicted molar refractivity (Wildman–Crippen MR) is 57.8 cm³/mol. The van der Waals surface area contributed by atoms with Gasteiger partial charge in [-0.05, 0) is 0 Å². The lowest BCUT2D eigenvalue weighted by molar-refractivity contribution is -0.146. The molecule has 1 unspecified atom stereocenters. The Balaban J connectivity index is 3.52. The summed E-state index contributed by atoms with van der Waals surface area (Å²) in [6.07, 6.45) is -1.45. The first kappa shape index (κ1) is 14.7. The summed E-state index contributed by atoms with van der Waals surface area (Å²) in [7, 11) is 0. The van der Waals surface area contributed by atoms with Crippen LogP contribution < -0.4 is 11.1 Å². The highest BCUT2D eigenvalue weighted by Crippen LogP contribution is 2.00. The van der Waals surface area contributed by atoms with E-state index < -0.39 is 18.0 Å². The minimum absolute atomic E-state index is 0.143. The average Bonchev–Trinajstić information content (AvgIpc) is 2.20. The largest absolute Gasteiger partial charge is 0.479 e. The molecule has 0 saturated heterocycles. The zero-order valence-electron chi connectivity index (χ0n) is 8.51. The third-order valence-corrected chi connectivity index (χ3v) is 2.48. The van der Waals surface area contributed by atoms with Crippen molar-refractivity contribution >= 4 is 29.5 Å². The van der Waals surface area contributed by atoms with Gasteiger partial charge in [-0.1, -0.05) is 0 Å². The molecule has 0 saturated carbocycles. The molecule has 0 radical (unpaired) electrons. The number of thioether (sulfide) groups is 1. The van der Waals surface area contributed by atoms with Gasteiger partial charge in [-0.2, -0.15) is 11.8 Å². The van der Waals surface area contributed by atoms with Crippen LogP contribution in [-0.4, -0.2) is 52.2 Å². The minimum atomic E-state index is -1.60. The number of carbonyl (C=O) groups is 3. The van der Waals surface area contributed by atoms with Crippen LogP contribution in [0, 0.1) is 0 Å². The van der Waals surface area contributed by atoms with Crippen LogP contribution in [-0.2, 0) is 14.4 Å². The van der Waals surface area contributed by atoms with Crippen molar-refractivity contribution in [2.24, 2.45) is 5.73 Å². The molecule has 0 aromatic carbocycles. The van der Waals surface area contributed by atoms with Gasteiger partial charge in [0.1, 0.15) is 0 Å². The van der Waals surface area contributed by atoms with Crippen LogP contribution in [0.4, 0.5) is 0 Å². The average molecular weight is 250 g/mol. The van der Waals surface area contributed by atoms with Crippen molar-refractivity contribution in [3.63, 3.8) is 0 Å².